The number of thioether (sulfide) groups is 1. The predicted molar refractivity (Wildman–Crippen MR) is 114 cm³/mol. The van der Waals surface area contributed by atoms with Crippen LogP contribution in [0.4, 0.5) is 0 Å². The molecule has 0 saturated heterocycles. The summed E-state index contributed by atoms with van der Waals surface area (Å²) in [7, 11) is -1.75. The second-order valence-electron chi connectivity index (χ2n) is 8.52. The predicted octanol–water partition coefficient (Wildman–Crippen LogP) is 6.33. The smallest absolute Gasteiger partial charge is 0.192 e. The normalized spacial score (nSPS) is 24.1. The van der Waals surface area contributed by atoms with Gasteiger partial charge in [-0.3, -0.25) is 0 Å². The third-order valence-corrected chi connectivity index (χ3v) is 12.0. The molecular weight excluding hydrogens is 405 g/mol. The second-order valence-corrected chi connectivity index (χ2v) is 15.6. The molecule has 26 heavy (non-hydrogen) atoms. The molecule has 0 N–H and O–H groups in total. The van der Waals surface area contributed by atoms with E-state index in [4.69, 9.17) is 32.4 Å². The molecule has 2 atom stereocenters. The van der Waals surface area contributed by atoms with Crippen molar-refractivity contribution in [3.63, 3.8) is 0 Å². The van der Waals surface area contributed by atoms with Crippen molar-refractivity contribution in [3.05, 3.63) is 38.5 Å². The van der Waals surface area contributed by atoms with Crippen LogP contribution in [0.5, 0.6) is 0 Å². The lowest BCUT2D eigenvalue weighted by Crippen LogP contribution is -2.42. The number of aromatic nitrogens is 1. The molecule has 0 aliphatic carbocycles. The van der Waals surface area contributed by atoms with E-state index in [1.165, 1.54) is 5.56 Å². The fourth-order valence-electron chi connectivity index (χ4n) is 3.00. The summed E-state index contributed by atoms with van der Waals surface area (Å²) in [6.07, 6.45) is 3.51. The minimum atomic E-state index is -1.75. The summed E-state index contributed by atoms with van der Waals surface area (Å²) >= 11 is 14.5. The van der Waals surface area contributed by atoms with Gasteiger partial charge in [-0.1, -0.05) is 44.0 Å². The van der Waals surface area contributed by atoms with Gasteiger partial charge in [-0.05, 0) is 53.7 Å². The van der Waals surface area contributed by atoms with E-state index in [0.717, 1.165) is 34.9 Å². The standard InChI is InChI=1S/C19H27Cl2NO2SSi/c1-19(2,3)26(4,5)24-11-13-8-15(18(21)25-13)17-14-9-16(20)22-10-12(14)6-7-23-17/h9-10,13,17H,6-8,11H2,1-5H3. The first-order valence-electron chi connectivity index (χ1n) is 9.03. The molecule has 0 radical (unpaired) electrons. The third-order valence-electron chi connectivity index (χ3n) is 5.65. The van der Waals surface area contributed by atoms with Crippen LogP contribution in [0.15, 0.2) is 22.2 Å². The number of pyridine rings is 1. The molecule has 2 aliphatic heterocycles. The first kappa shape index (κ1) is 20.7. The lowest BCUT2D eigenvalue weighted by atomic mass is 9.93. The molecule has 0 bridgehead atoms. The molecule has 0 fully saturated rings. The summed E-state index contributed by atoms with van der Waals surface area (Å²) in [6, 6.07) is 1.92. The molecule has 1 aromatic heterocycles. The molecule has 2 unspecified atom stereocenters. The number of hydrogen-bond acceptors (Lipinski definition) is 4. The van der Waals surface area contributed by atoms with Crippen molar-refractivity contribution in [2.75, 3.05) is 13.2 Å². The number of hydrogen-bond donors (Lipinski definition) is 0. The van der Waals surface area contributed by atoms with E-state index < -0.39 is 8.32 Å². The summed E-state index contributed by atoms with van der Waals surface area (Å²) in [5, 5.41) is 1.06. The Morgan fingerprint density at radius 1 is 1.35 bits per heavy atom. The van der Waals surface area contributed by atoms with Crippen molar-refractivity contribution >= 4 is 43.3 Å². The summed E-state index contributed by atoms with van der Waals surface area (Å²) in [4.78, 5) is 4.21. The summed E-state index contributed by atoms with van der Waals surface area (Å²) in [5.41, 5.74) is 3.47. The molecule has 0 saturated carbocycles. The van der Waals surface area contributed by atoms with Crippen molar-refractivity contribution in [2.24, 2.45) is 0 Å². The lowest BCUT2D eigenvalue weighted by Gasteiger charge is -2.37. The highest BCUT2D eigenvalue weighted by Crippen LogP contribution is 2.48. The van der Waals surface area contributed by atoms with Gasteiger partial charge in [0.1, 0.15) is 11.3 Å². The maximum absolute atomic E-state index is 6.62. The van der Waals surface area contributed by atoms with Crippen LogP contribution >= 0.6 is 35.0 Å². The first-order valence-corrected chi connectivity index (χ1v) is 13.6. The van der Waals surface area contributed by atoms with Gasteiger partial charge in [0.05, 0.1) is 11.0 Å². The molecule has 3 nitrogen and oxygen atoms in total. The molecule has 144 valence electrons. The van der Waals surface area contributed by atoms with Crippen LogP contribution in [0.2, 0.25) is 23.3 Å². The van der Waals surface area contributed by atoms with E-state index in [1.54, 1.807) is 11.8 Å². The van der Waals surface area contributed by atoms with Gasteiger partial charge in [0.25, 0.3) is 0 Å². The van der Waals surface area contributed by atoms with E-state index in [0.29, 0.717) is 17.0 Å². The Morgan fingerprint density at radius 3 is 2.77 bits per heavy atom. The van der Waals surface area contributed by atoms with Gasteiger partial charge in [0.2, 0.25) is 0 Å². The average Bonchev–Trinajstić information content (AvgIpc) is 2.92. The summed E-state index contributed by atoms with van der Waals surface area (Å²) in [6.45, 7) is 12.8. The highest BCUT2D eigenvalue weighted by molar-refractivity contribution is 8.05. The van der Waals surface area contributed by atoms with E-state index in [1.807, 2.05) is 12.3 Å². The average molecular weight is 432 g/mol. The molecule has 7 heteroatoms. The van der Waals surface area contributed by atoms with Gasteiger partial charge in [-0.15, -0.1) is 11.8 Å². The van der Waals surface area contributed by atoms with Crippen molar-refractivity contribution in [3.8, 4) is 0 Å². The molecule has 0 spiro atoms. The van der Waals surface area contributed by atoms with E-state index in [2.05, 4.69) is 38.8 Å². The van der Waals surface area contributed by atoms with Crippen LogP contribution in [-0.2, 0) is 15.6 Å². The SMILES string of the molecule is CC(C)(C)[Si](C)(C)OCC1CC(C2OCCc3cnc(Cl)cc32)=C(Cl)S1. The zero-order valence-corrected chi connectivity index (χ0v) is 19.4. The summed E-state index contributed by atoms with van der Waals surface area (Å²) < 4.78 is 13.3. The van der Waals surface area contributed by atoms with Gasteiger partial charge >= 0.3 is 0 Å². The highest BCUT2D eigenvalue weighted by Gasteiger charge is 2.39. The molecule has 0 amide bonds. The largest absolute Gasteiger partial charge is 0.416 e. The fraction of sp³-hybridized carbons (Fsp3) is 0.632. The zero-order chi connectivity index (χ0) is 19.1. The van der Waals surface area contributed by atoms with Crippen LogP contribution in [0, 0.1) is 0 Å². The maximum Gasteiger partial charge on any atom is 0.192 e. The minimum absolute atomic E-state index is 0.114. The van der Waals surface area contributed by atoms with Gasteiger partial charge in [-0.25, -0.2) is 4.98 Å². The Bertz CT molecular complexity index is 718. The second kappa shape index (κ2) is 7.76. The molecule has 2 aliphatic rings. The number of halogens is 2. The van der Waals surface area contributed by atoms with Crippen LogP contribution < -0.4 is 0 Å². The van der Waals surface area contributed by atoms with Crippen molar-refractivity contribution in [2.45, 2.75) is 63.1 Å². The molecule has 3 rings (SSSR count). The maximum atomic E-state index is 6.62. The van der Waals surface area contributed by atoms with Crippen molar-refractivity contribution < 1.29 is 9.16 Å². The topological polar surface area (TPSA) is 31.4 Å². The number of ether oxygens (including phenoxy) is 1. The van der Waals surface area contributed by atoms with Crippen LogP contribution in [0.25, 0.3) is 0 Å². The lowest BCUT2D eigenvalue weighted by molar-refractivity contribution is 0.0646. The summed E-state index contributed by atoms with van der Waals surface area (Å²) in [5.74, 6) is 0. The monoisotopic (exact) mass is 431 g/mol. The van der Waals surface area contributed by atoms with Crippen molar-refractivity contribution in [1.29, 1.82) is 0 Å². The Labute approximate surface area is 172 Å². The van der Waals surface area contributed by atoms with Crippen LogP contribution in [-0.4, -0.2) is 31.8 Å². The van der Waals surface area contributed by atoms with E-state index >= 15 is 0 Å². The molecule has 0 aromatic carbocycles. The Morgan fingerprint density at radius 2 is 2.08 bits per heavy atom. The number of nitrogens with zero attached hydrogens (tertiary/aromatic N) is 1. The molecular formula is C19H27Cl2NO2SSi. The molecule has 1 aromatic rings. The van der Waals surface area contributed by atoms with E-state index in [-0.39, 0.29) is 11.1 Å². The first-order chi connectivity index (χ1) is 12.1. The van der Waals surface area contributed by atoms with Crippen LogP contribution in [0.1, 0.15) is 44.4 Å². The molecule has 3 heterocycles. The Balaban J connectivity index is 1.70. The Hall–Kier alpha value is -0.0431. The van der Waals surface area contributed by atoms with Gasteiger partial charge in [-0.2, -0.15) is 0 Å². The third kappa shape index (κ3) is 4.34. The zero-order valence-electron chi connectivity index (χ0n) is 16.1. The number of fused-ring (bicyclic) bond motifs is 1. The highest BCUT2D eigenvalue weighted by atomic mass is 35.5. The van der Waals surface area contributed by atoms with Gasteiger partial charge in [0, 0.05) is 18.1 Å². The number of rotatable bonds is 4. The quantitative estimate of drug-likeness (QED) is 0.411. The van der Waals surface area contributed by atoms with E-state index in [9.17, 15) is 0 Å². The minimum Gasteiger partial charge on any atom is -0.416 e. The Kier molecular flexibility index (Phi) is 6.18. The van der Waals surface area contributed by atoms with Gasteiger partial charge in [0.15, 0.2) is 8.32 Å². The van der Waals surface area contributed by atoms with Gasteiger partial charge < -0.3 is 9.16 Å². The fourth-order valence-corrected chi connectivity index (χ4v) is 5.93. The van der Waals surface area contributed by atoms with Crippen molar-refractivity contribution in [1.82, 2.24) is 4.98 Å². The van der Waals surface area contributed by atoms with Crippen LogP contribution in [0.3, 0.4) is 0 Å².